The van der Waals surface area contributed by atoms with Crippen LogP contribution in [0.2, 0.25) is 0 Å². The lowest BCUT2D eigenvalue weighted by molar-refractivity contribution is -0.140. The summed E-state index contributed by atoms with van der Waals surface area (Å²) in [7, 11) is 1.37. The van der Waals surface area contributed by atoms with Crippen LogP contribution in [0.5, 0.6) is 0 Å². The molecule has 2 rings (SSSR count). The molecule has 4 atom stereocenters. The van der Waals surface area contributed by atoms with Gasteiger partial charge in [-0.05, 0) is 43.6 Å². The van der Waals surface area contributed by atoms with E-state index in [4.69, 9.17) is 4.74 Å². The Labute approximate surface area is 178 Å². The van der Waals surface area contributed by atoms with Gasteiger partial charge in [0.2, 0.25) is 0 Å². The van der Waals surface area contributed by atoms with E-state index in [1.54, 1.807) is 0 Å². The van der Waals surface area contributed by atoms with Gasteiger partial charge in [0, 0.05) is 18.9 Å². The lowest BCUT2D eigenvalue weighted by Crippen LogP contribution is -2.32. The molecule has 0 saturated heterocycles. The van der Waals surface area contributed by atoms with Gasteiger partial charge in [-0.2, -0.15) is 0 Å². The molecule has 1 aromatic carbocycles. The molecule has 0 aromatic heterocycles. The molecule has 0 aliphatic heterocycles. The van der Waals surface area contributed by atoms with Crippen molar-refractivity contribution in [2.45, 2.75) is 50.7 Å². The number of benzene rings is 1. The van der Waals surface area contributed by atoms with Crippen molar-refractivity contribution in [3.8, 4) is 0 Å². The molecule has 0 heterocycles. The van der Waals surface area contributed by atoms with Gasteiger partial charge < -0.3 is 25.0 Å². The van der Waals surface area contributed by atoms with Crippen molar-refractivity contribution in [3.63, 3.8) is 0 Å². The second-order valence-electron chi connectivity index (χ2n) is 7.63. The maximum Gasteiger partial charge on any atom is 0.407 e. The number of allylic oxidation sites excluding steroid dienone is 2. The van der Waals surface area contributed by atoms with Crippen LogP contribution in [-0.4, -0.2) is 54.7 Å². The summed E-state index contributed by atoms with van der Waals surface area (Å²) in [5.74, 6) is -0.703. The largest absolute Gasteiger partial charge is 0.469 e. The number of amides is 1. The number of esters is 1. The fraction of sp³-hybridized carbons (Fsp3) is 0.565. The molecule has 1 aliphatic rings. The van der Waals surface area contributed by atoms with E-state index >= 15 is 0 Å². The lowest BCUT2D eigenvalue weighted by atomic mass is 9.91. The van der Waals surface area contributed by atoms with Crippen molar-refractivity contribution < 1.29 is 29.3 Å². The van der Waals surface area contributed by atoms with Crippen LogP contribution in [0.3, 0.4) is 0 Å². The minimum absolute atomic E-state index is 0.0657. The monoisotopic (exact) mass is 419 g/mol. The van der Waals surface area contributed by atoms with Crippen molar-refractivity contribution in [3.05, 3.63) is 48.0 Å². The third-order valence-corrected chi connectivity index (χ3v) is 5.51. The molecule has 0 radical (unpaired) electrons. The first-order valence-electron chi connectivity index (χ1n) is 10.5. The highest BCUT2D eigenvalue weighted by Gasteiger charge is 2.41. The summed E-state index contributed by atoms with van der Waals surface area (Å²) in [4.78, 5) is 23.1. The summed E-state index contributed by atoms with van der Waals surface area (Å²) in [5.41, 5.74) is 1.13. The molecule has 7 nitrogen and oxygen atoms in total. The highest BCUT2D eigenvalue weighted by molar-refractivity contribution is 5.69. The van der Waals surface area contributed by atoms with Crippen LogP contribution in [0.15, 0.2) is 42.5 Å². The molecule has 1 aromatic rings. The van der Waals surface area contributed by atoms with Crippen molar-refractivity contribution in [1.29, 1.82) is 0 Å². The SMILES string of the molecule is COC(=O)CCC/C=C\C[C@@H]1[C@@H](COC(=O)NCCc2ccccc2)[C@H](O)C[C@@H]1O. The van der Waals surface area contributed by atoms with Gasteiger partial charge >= 0.3 is 12.1 Å². The van der Waals surface area contributed by atoms with Gasteiger partial charge in [0.05, 0.1) is 25.9 Å². The normalized spacial score (nSPS) is 23.4. The number of carbonyl (C=O) groups is 2. The molecule has 1 amide bonds. The Morgan fingerprint density at radius 1 is 1.13 bits per heavy atom. The first kappa shape index (κ1) is 23.9. The average Bonchev–Trinajstić information content (AvgIpc) is 3.01. The van der Waals surface area contributed by atoms with Crippen LogP contribution < -0.4 is 5.32 Å². The van der Waals surface area contributed by atoms with E-state index in [1.807, 2.05) is 42.5 Å². The third kappa shape index (κ3) is 8.16. The smallest absolute Gasteiger partial charge is 0.407 e. The van der Waals surface area contributed by atoms with Gasteiger partial charge in [-0.25, -0.2) is 4.79 Å². The van der Waals surface area contributed by atoms with E-state index in [2.05, 4.69) is 10.1 Å². The predicted molar refractivity (Wildman–Crippen MR) is 113 cm³/mol. The molecule has 1 saturated carbocycles. The van der Waals surface area contributed by atoms with Crippen LogP contribution in [0.4, 0.5) is 4.79 Å². The number of alkyl carbamates (subject to hydrolysis) is 1. The number of aliphatic hydroxyl groups is 2. The molecule has 30 heavy (non-hydrogen) atoms. The summed E-state index contributed by atoms with van der Waals surface area (Å²) in [5, 5.41) is 23.2. The molecule has 0 unspecified atom stereocenters. The van der Waals surface area contributed by atoms with E-state index in [-0.39, 0.29) is 30.8 Å². The zero-order valence-electron chi connectivity index (χ0n) is 17.5. The first-order chi connectivity index (χ1) is 14.5. The molecule has 166 valence electrons. The summed E-state index contributed by atoms with van der Waals surface area (Å²) in [6, 6.07) is 9.84. The molecular formula is C23H33NO6. The van der Waals surface area contributed by atoms with E-state index in [0.29, 0.717) is 32.2 Å². The van der Waals surface area contributed by atoms with E-state index in [0.717, 1.165) is 12.0 Å². The quantitative estimate of drug-likeness (QED) is 0.289. The fourth-order valence-corrected chi connectivity index (χ4v) is 3.75. The zero-order chi connectivity index (χ0) is 21.8. The number of rotatable bonds is 11. The molecule has 0 bridgehead atoms. The second-order valence-corrected chi connectivity index (χ2v) is 7.63. The number of hydrogen-bond acceptors (Lipinski definition) is 6. The van der Waals surface area contributed by atoms with E-state index < -0.39 is 18.3 Å². The summed E-state index contributed by atoms with van der Waals surface area (Å²) in [6.45, 7) is 0.534. The lowest BCUT2D eigenvalue weighted by Gasteiger charge is -2.22. The Balaban J connectivity index is 1.70. The predicted octanol–water partition coefficient (Wildman–Crippen LogP) is 2.60. The number of methoxy groups -OCH3 is 1. The first-order valence-corrected chi connectivity index (χ1v) is 10.5. The minimum Gasteiger partial charge on any atom is -0.469 e. The number of carbonyl (C=O) groups excluding carboxylic acids is 2. The molecule has 1 fully saturated rings. The van der Waals surface area contributed by atoms with Crippen molar-refractivity contribution >= 4 is 12.1 Å². The van der Waals surface area contributed by atoms with Crippen molar-refractivity contribution in [1.82, 2.24) is 5.32 Å². The average molecular weight is 420 g/mol. The highest BCUT2D eigenvalue weighted by atomic mass is 16.5. The van der Waals surface area contributed by atoms with Crippen LogP contribution in [-0.2, 0) is 20.7 Å². The maximum atomic E-state index is 12.0. The number of hydrogen-bond donors (Lipinski definition) is 3. The summed E-state index contributed by atoms with van der Waals surface area (Å²) in [6.07, 6.45) is 5.47. The number of nitrogens with one attached hydrogen (secondary N) is 1. The number of unbranched alkanes of at least 4 members (excludes halogenated alkanes) is 1. The molecule has 1 aliphatic carbocycles. The fourth-order valence-electron chi connectivity index (χ4n) is 3.75. The van der Waals surface area contributed by atoms with Gasteiger partial charge in [0.15, 0.2) is 0 Å². The van der Waals surface area contributed by atoms with Crippen molar-refractivity contribution in [2.24, 2.45) is 11.8 Å². The standard InChI is InChI=1S/C23H33NO6/c1-29-22(27)12-8-3-2-7-11-18-19(21(26)15-20(18)25)16-30-23(28)24-14-13-17-9-5-4-6-10-17/h2,4-7,9-10,18-21,25-26H,3,8,11-16H2,1H3,(H,24,28)/b7-2-/t18-,19-,20+,21-/m1/s1. The van der Waals surface area contributed by atoms with Crippen molar-refractivity contribution in [2.75, 3.05) is 20.3 Å². The maximum absolute atomic E-state index is 12.0. The molecular weight excluding hydrogens is 386 g/mol. The Hall–Kier alpha value is -2.38. The zero-order valence-corrected chi connectivity index (χ0v) is 17.5. The topological polar surface area (TPSA) is 105 Å². The highest BCUT2D eigenvalue weighted by Crippen LogP contribution is 2.35. The van der Waals surface area contributed by atoms with Crippen LogP contribution in [0.1, 0.15) is 37.7 Å². The number of aliphatic hydroxyl groups excluding tert-OH is 2. The second kappa shape index (κ2) is 13.0. The molecule has 7 heteroatoms. The van der Waals surface area contributed by atoms with Crippen LogP contribution in [0, 0.1) is 11.8 Å². The summed E-state index contributed by atoms with van der Waals surface area (Å²) < 4.78 is 9.90. The Kier molecular flexibility index (Phi) is 10.4. The van der Waals surface area contributed by atoms with Crippen LogP contribution in [0.25, 0.3) is 0 Å². The molecule has 0 spiro atoms. The minimum atomic E-state index is -0.699. The van der Waals surface area contributed by atoms with Gasteiger partial charge in [-0.1, -0.05) is 42.5 Å². The van der Waals surface area contributed by atoms with E-state index in [1.165, 1.54) is 7.11 Å². The van der Waals surface area contributed by atoms with E-state index in [9.17, 15) is 19.8 Å². The van der Waals surface area contributed by atoms with Gasteiger partial charge in [-0.15, -0.1) is 0 Å². The Morgan fingerprint density at radius 3 is 2.60 bits per heavy atom. The van der Waals surface area contributed by atoms with Crippen LogP contribution >= 0.6 is 0 Å². The third-order valence-electron chi connectivity index (χ3n) is 5.51. The Morgan fingerprint density at radius 2 is 1.87 bits per heavy atom. The van der Waals surface area contributed by atoms with Gasteiger partial charge in [0.1, 0.15) is 0 Å². The molecule has 3 N–H and O–H groups in total. The van der Waals surface area contributed by atoms with Gasteiger partial charge in [0.25, 0.3) is 0 Å². The number of ether oxygens (including phenoxy) is 2. The Bertz CT molecular complexity index is 678. The van der Waals surface area contributed by atoms with Gasteiger partial charge in [-0.3, -0.25) is 4.79 Å². The summed E-state index contributed by atoms with van der Waals surface area (Å²) >= 11 is 0.